The maximum atomic E-state index is 4.55. The van der Waals surface area contributed by atoms with Crippen LogP contribution >= 0.6 is 11.8 Å². The molecule has 1 aromatic heterocycles. The van der Waals surface area contributed by atoms with Crippen LogP contribution in [-0.4, -0.2) is 20.9 Å². The van der Waals surface area contributed by atoms with Gasteiger partial charge in [-0.3, -0.25) is 4.99 Å². The van der Waals surface area contributed by atoms with E-state index >= 15 is 0 Å². The van der Waals surface area contributed by atoms with Gasteiger partial charge in [0.05, 0.1) is 18.3 Å². The first-order valence-corrected chi connectivity index (χ1v) is 7.14. The smallest absolute Gasteiger partial charge is 0.157 e. The molecule has 2 aromatic rings. The van der Waals surface area contributed by atoms with E-state index in [2.05, 4.69) is 44.5 Å². The Morgan fingerprint density at radius 3 is 2.95 bits per heavy atom. The van der Waals surface area contributed by atoms with Gasteiger partial charge in [0, 0.05) is 11.9 Å². The second-order valence-electron chi connectivity index (χ2n) is 4.24. The van der Waals surface area contributed by atoms with Crippen LogP contribution in [0.2, 0.25) is 0 Å². The predicted octanol–water partition coefficient (Wildman–Crippen LogP) is 2.41. The van der Waals surface area contributed by atoms with Gasteiger partial charge in [-0.25, -0.2) is 9.97 Å². The SMILES string of the molecule is c1ccc(C2CSC(=NCc3ccncn3)N2)cc1. The summed E-state index contributed by atoms with van der Waals surface area (Å²) >= 11 is 1.76. The molecule has 0 aliphatic carbocycles. The number of nitrogens with one attached hydrogen (secondary N) is 1. The number of aromatic nitrogens is 2. The van der Waals surface area contributed by atoms with Gasteiger partial charge in [-0.15, -0.1) is 0 Å². The number of hydrogen-bond acceptors (Lipinski definition) is 4. The Kier molecular flexibility index (Phi) is 3.74. The predicted molar refractivity (Wildman–Crippen MR) is 77.9 cm³/mol. The van der Waals surface area contributed by atoms with E-state index < -0.39 is 0 Å². The molecule has 1 aliphatic heterocycles. The maximum Gasteiger partial charge on any atom is 0.157 e. The fraction of sp³-hybridized carbons (Fsp3) is 0.214. The third kappa shape index (κ3) is 3.12. The van der Waals surface area contributed by atoms with Crippen molar-refractivity contribution in [3.05, 3.63) is 60.2 Å². The normalized spacial score (nSPS) is 20.4. The van der Waals surface area contributed by atoms with Crippen LogP contribution in [0.5, 0.6) is 0 Å². The number of thioether (sulfide) groups is 1. The highest BCUT2D eigenvalue weighted by atomic mass is 32.2. The molecule has 2 heterocycles. The van der Waals surface area contributed by atoms with Crippen LogP contribution in [0, 0.1) is 0 Å². The summed E-state index contributed by atoms with van der Waals surface area (Å²) in [4.78, 5) is 12.6. The van der Waals surface area contributed by atoms with Crippen molar-refractivity contribution in [3.8, 4) is 0 Å². The van der Waals surface area contributed by atoms with Gasteiger partial charge in [-0.05, 0) is 11.6 Å². The summed E-state index contributed by atoms with van der Waals surface area (Å²) in [7, 11) is 0. The molecule has 0 amide bonds. The Hall–Kier alpha value is -1.88. The highest BCUT2D eigenvalue weighted by Gasteiger charge is 2.21. The van der Waals surface area contributed by atoms with E-state index in [-0.39, 0.29) is 0 Å². The molecule has 3 rings (SSSR count). The molecule has 96 valence electrons. The van der Waals surface area contributed by atoms with Gasteiger partial charge >= 0.3 is 0 Å². The molecule has 0 spiro atoms. The van der Waals surface area contributed by atoms with E-state index in [9.17, 15) is 0 Å². The Balaban J connectivity index is 1.63. The van der Waals surface area contributed by atoms with Gasteiger partial charge in [-0.1, -0.05) is 42.1 Å². The zero-order chi connectivity index (χ0) is 12.9. The summed E-state index contributed by atoms with van der Waals surface area (Å²) in [5.41, 5.74) is 2.25. The minimum atomic E-state index is 0.357. The lowest BCUT2D eigenvalue weighted by Crippen LogP contribution is -2.19. The summed E-state index contributed by atoms with van der Waals surface area (Å²) in [6.07, 6.45) is 3.29. The fourth-order valence-electron chi connectivity index (χ4n) is 1.92. The summed E-state index contributed by atoms with van der Waals surface area (Å²) in [5.74, 6) is 1.02. The van der Waals surface area contributed by atoms with Crippen LogP contribution in [0.3, 0.4) is 0 Å². The Labute approximate surface area is 116 Å². The van der Waals surface area contributed by atoms with Crippen molar-refractivity contribution < 1.29 is 0 Å². The summed E-state index contributed by atoms with van der Waals surface area (Å²) in [6.45, 7) is 0.597. The van der Waals surface area contributed by atoms with Crippen LogP contribution in [-0.2, 0) is 6.54 Å². The molecule has 1 aliphatic rings. The summed E-state index contributed by atoms with van der Waals surface area (Å²) < 4.78 is 0. The van der Waals surface area contributed by atoms with Crippen molar-refractivity contribution in [3.63, 3.8) is 0 Å². The highest BCUT2D eigenvalue weighted by molar-refractivity contribution is 8.14. The van der Waals surface area contributed by atoms with Crippen molar-refractivity contribution in [1.82, 2.24) is 15.3 Å². The lowest BCUT2D eigenvalue weighted by Gasteiger charge is -2.09. The molecule has 1 atom stereocenters. The molecule has 1 saturated heterocycles. The van der Waals surface area contributed by atoms with Crippen LogP contribution in [0.4, 0.5) is 0 Å². The van der Waals surface area contributed by atoms with Crippen molar-refractivity contribution in [2.24, 2.45) is 4.99 Å². The van der Waals surface area contributed by atoms with Crippen molar-refractivity contribution in [2.75, 3.05) is 5.75 Å². The largest absolute Gasteiger partial charge is 0.357 e. The Bertz CT molecular complexity index is 556. The molecule has 0 bridgehead atoms. The van der Waals surface area contributed by atoms with Crippen LogP contribution in [0.25, 0.3) is 0 Å². The molecule has 1 unspecified atom stereocenters. The third-order valence-electron chi connectivity index (χ3n) is 2.91. The Morgan fingerprint density at radius 2 is 2.16 bits per heavy atom. The number of aliphatic imine (C=N–C) groups is 1. The number of hydrogen-bond donors (Lipinski definition) is 1. The lowest BCUT2D eigenvalue weighted by molar-refractivity contribution is 0.748. The van der Waals surface area contributed by atoms with Crippen LogP contribution in [0.1, 0.15) is 17.3 Å². The van der Waals surface area contributed by atoms with Gasteiger partial charge < -0.3 is 5.32 Å². The average Bonchev–Trinajstić information content (AvgIpc) is 2.96. The summed E-state index contributed by atoms with van der Waals surface area (Å²) in [6, 6.07) is 12.7. The van der Waals surface area contributed by atoms with Gasteiger partial charge in [0.1, 0.15) is 6.33 Å². The van der Waals surface area contributed by atoms with E-state index in [0.29, 0.717) is 12.6 Å². The van der Waals surface area contributed by atoms with Crippen molar-refractivity contribution >= 4 is 16.9 Å². The third-order valence-corrected chi connectivity index (χ3v) is 3.93. The van der Waals surface area contributed by atoms with Crippen molar-refractivity contribution in [2.45, 2.75) is 12.6 Å². The number of benzene rings is 1. The molecular weight excluding hydrogens is 256 g/mol. The van der Waals surface area contributed by atoms with E-state index in [1.165, 1.54) is 5.56 Å². The topological polar surface area (TPSA) is 50.2 Å². The van der Waals surface area contributed by atoms with Crippen LogP contribution < -0.4 is 5.32 Å². The fourth-order valence-corrected chi connectivity index (χ4v) is 2.90. The second kappa shape index (κ2) is 5.84. The molecule has 0 saturated carbocycles. The minimum absolute atomic E-state index is 0.357. The summed E-state index contributed by atoms with van der Waals surface area (Å²) in [5, 5.41) is 4.44. The molecule has 5 heteroatoms. The van der Waals surface area contributed by atoms with E-state index in [1.807, 2.05) is 12.1 Å². The average molecular weight is 270 g/mol. The molecule has 19 heavy (non-hydrogen) atoms. The van der Waals surface area contributed by atoms with Gasteiger partial charge in [0.2, 0.25) is 0 Å². The zero-order valence-corrected chi connectivity index (χ0v) is 11.2. The lowest BCUT2D eigenvalue weighted by atomic mass is 10.1. The van der Waals surface area contributed by atoms with E-state index in [4.69, 9.17) is 0 Å². The first-order chi connectivity index (χ1) is 9.42. The van der Waals surface area contributed by atoms with E-state index in [0.717, 1.165) is 16.6 Å². The quantitative estimate of drug-likeness (QED) is 0.930. The highest BCUT2D eigenvalue weighted by Crippen LogP contribution is 2.25. The number of amidine groups is 1. The molecule has 1 aromatic carbocycles. The molecule has 1 N–H and O–H groups in total. The molecular formula is C14H14N4S. The number of rotatable bonds is 3. The van der Waals surface area contributed by atoms with Gasteiger partial charge in [0.25, 0.3) is 0 Å². The number of nitrogens with zero attached hydrogens (tertiary/aromatic N) is 3. The van der Waals surface area contributed by atoms with Gasteiger partial charge in [-0.2, -0.15) is 0 Å². The standard InChI is InChI=1S/C14H14N4S/c1-2-4-11(5-3-1)13-9-19-14(18-13)16-8-12-6-7-15-10-17-12/h1-7,10,13H,8-9H2,(H,16,18). The van der Waals surface area contributed by atoms with Crippen LogP contribution in [0.15, 0.2) is 53.9 Å². The minimum Gasteiger partial charge on any atom is -0.357 e. The Morgan fingerprint density at radius 1 is 1.26 bits per heavy atom. The molecule has 4 nitrogen and oxygen atoms in total. The second-order valence-corrected chi connectivity index (χ2v) is 5.25. The van der Waals surface area contributed by atoms with E-state index in [1.54, 1.807) is 24.3 Å². The maximum absolute atomic E-state index is 4.55. The monoisotopic (exact) mass is 270 g/mol. The zero-order valence-electron chi connectivity index (χ0n) is 10.4. The van der Waals surface area contributed by atoms with Gasteiger partial charge in [0.15, 0.2) is 5.17 Å². The molecule has 1 fully saturated rings. The van der Waals surface area contributed by atoms with Crippen molar-refractivity contribution in [1.29, 1.82) is 0 Å². The molecule has 0 radical (unpaired) electrons. The first kappa shape index (κ1) is 12.2. The first-order valence-electron chi connectivity index (χ1n) is 6.15.